The van der Waals surface area contributed by atoms with Crippen molar-refractivity contribution in [2.45, 2.75) is 6.42 Å². The molecule has 1 aliphatic heterocycles. The summed E-state index contributed by atoms with van der Waals surface area (Å²) < 4.78 is 0. The van der Waals surface area contributed by atoms with E-state index in [2.05, 4.69) is 4.98 Å². The van der Waals surface area contributed by atoms with E-state index in [1.54, 1.807) is 46.3 Å². The Morgan fingerprint density at radius 3 is 2.25 bits per heavy atom. The number of carbonyl (C=O) groups excluding carboxylic acids is 2. The van der Waals surface area contributed by atoms with Gasteiger partial charge in [-0.3, -0.25) is 9.59 Å². The minimum Gasteiger partial charge on any atom is -0.357 e. The topological polar surface area (TPSA) is 56.4 Å². The van der Waals surface area contributed by atoms with Crippen molar-refractivity contribution >= 4 is 35.0 Å². The lowest BCUT2D eigenvalue weighted by Crippen LogP contribution is -2.37. The number of nitrogens with one attached hydrogen (secondary N) is 1. The van der Waals surface area contributed by atoms with Crippen LogP contribution in [0.4, 0.5) is 0 Å². The van der Waals surface area contributed by atoms with Gasteiger partial charge in [-0.25, -0.2) is 0 Å². The molecule has 1 fully saturated rings. The summed E-state index contributed by atoms with van der Waals surface area (Å²) >= 11 is 11.9. The molecule has 2 heterocycles. The minimum atomic E-state index is -0.0947. The number of carbonyl (C=O) groups is 2. The first kappa shape index (κ1) is 16.9. The molecule has 24 heavy (non-hydrogen) atoms. The number of hydrogen-bond acceptors (Lipinski definition) is 2. The van der Waals surface area contributed by atoms with E-state index in [1.165, 1.54) is 0 Å². The van der Waals surface area contributed by atoms with Crippen LogP contribution in [-0.2, 0) is 0 Å². The molecule has 0 radical (unpaired) electrons. The number of rotatable bonds is 2. The smallest absolute Gasteiger partial charge is 0.270 e. The number of H-pyrrole nitrogens is 1. The molecule has 0 aliphatic carbocycles. The molecule has 2 amide bonds. The summed E-state index contributed by atoms with van der Waals surface area (Å²) in [5, 5.41) is 0.785. The summed E-state index contributed by atoms with van der Waals surface area (Å²) in [6, 6.07) is 8.43. The molecule has 1 aromatic heterocycles. The number of aromatic amines is 1. The lowest BCUT2D eigenvalue weighted by atomic mass is 10.2. The van der Waals surface area contributed by atoms with E-state index < -0.39 is 0 Å². The number of amides is 2. The van der Waals surface area contributed by atoms with Gasteiger partial charge in [-0.2, -0.15) is 0 Å². The predicted octanol–water partition coefficient (Wildman–Crippen LogP) is 3.31. The Labute approximate surface area is 150 Å². The van der Waals surface area contributed by atoms with Crippen LogP contribution in [0.25, 0.3) is 0 Å². The first-order chi connectivity index (χ1) is 11.6. The van der Waals surface area contributed by atoms with Crippen LogP contribution in [0.2, 0.25) is 10.0 Å². The molecule has 0 bridgehead atoms. The fourth-order valence-corrected chi connectivity index (χ4v) is 3.07. The summed E-state index contributed by atoms with van der Waals surface area (Å²) in [6.07, 6.45) is 2.46. The highest BCUT2D eigenvalue weighted by molar-refractivity contribution is 6.42. The highest BCUT2D eigenvalue weighted by atomic mass is 35.5. The van der Waals surface area contributed by atoms with E-state index >= 15 is 0 Å². The van der Waals surface area contributed by atoms with Crippen molar-refractivity contribution in [1.82, 2.24) is 14.8 Å². The zero-order chi connectivity index (χ0) is 17.1. The second kappa shape index (κ2) is 7.28. The van der Waals surface area contributed by atoms with Crippen molar-refractivity contribution in [2.75, 3.05) is 26.2 Å². The first-order valence-electron chi connectivity index (χ1n) is 7.73. The maximum absolute atomic E-state index is 12.6. The van der Waals surface area contributed by atoms with E-state index in [4.69, 9.17) is 23.2 Å². The van der Waals surface area contributed by atoms with Crippen LogP contribution in [0.1, 0.15) is 27.3 Å². The van der Waals surface area contributed by atoms with Crippen LogP contribution in [0.15, 0.2) is 36.5 Å². The van der Waals surface area contributed by atoms with Gasteiger partial charge in [-0.05, 0) is 36.8 Å². The Bertz CT molecular complexity index is 746. The largest absolute Gasteiger partial charge is 0.357 e. The number of nitrogens with zero attached hydrogens (tertiary/aromatic N) is 2. The van der Waals surface area contributed by atoms with Gasteiger partial charge in [0.2, 0.25) is 0 Å². The Balaban J connectivity index is 1.67. The van der Waals surface area contributed by atoms with Crippen molar-refractivity contribution in [2.24, 2.45) is 0 Å². The highest BCUT2D eigenvalue weighted by Crippen LogP contribution is 2.23. The molecule has 1 saturated heterocycles. The van der Waals surface area contributed by atoms with Gasteiger partial charge in [0.25, 0.3) is 11.8 Å². The molecule has 1 N–H and O–H groups in total. The molecule has 1 aliphatic rings. The van der Waals surface area contributed by atoms with Gasteiger partial charge in [0.05, 0.1) is 10.0 Å². The average Bonchev–Trinajstić information content (AvgIpc) is 3.00. The fourth-order valence-electron chi connectivity index (χ4n) is 2.77. The Kier molecular flexibility index (Phi) is 5.11. The quantitative estimate of drug-likeness (QED) is 0.887. The minimum absolute atomic E-state index is 0.0381. The molecule has 0 unspecified atom stereocenters. The second-order valence-electron chi connectivity index (χ2n) is 5.65. The molecule has 7 heteroatoms. The number of benzene rings is 1. The molecule has 0 saturated carbocycles. The van der Waals surface area contributed by atoms with Gasteiger partial charge in [0, 0.05) is 37.9 Å². The third-order valence-corrected chi connectivity index (χ3v) is 4.80. The molecule has 0 atom stereocenters. The van der Waals surface area contributed by atoms with Crippen LogP contribution in [0.5, 0.6) is 0 Å². The van der Waals surface area contributed by atoms with Crippen molar-refractivity contribution in [3.05, 3.63) is 57.8 Å². The van der Waals surface area contributed by atoms with Crippen LogP contribution in [0, 0.1) is 0 Å². The zero-order valence-electron chi connectivity index (χ0n) is 13.0. The van der Waals surface area contributed by atoms with Gasteiger partial charge < -0.3 is 14.8 Å². The van der Waals surface area contributed by atoms with E-state index in [9.17, 15) is 9.59 Å². The van der Waals surface area contributed by atoms with Gasteiger partial charge in [-0.15, -0.1) is 0 Å². The summed E-state index contributed by atoms with van der Waals surface area (Å²) in [4.78, 5) is 31.5. The summed E-state index contributed by atoms with van der Waals surface area (Å²) in [7, 11) is 0. The Hall–Kier alpha value is -1.98. The van der Waals surface area contributed by atoms with Crippen LogP contribution < -0.4 is 0 Å². The normalized spacial score (nSPS) is 15.2. The van der Waals surface area contributed by atoms with E-state index in [0.29, 0.717) is 47.5 Å². The molecule has 2 aromatic rings. The van der Waals surface area contributed by atoms with E-state index in [0.717, 1.165) is 6.42 Å². The van der Waals surface area contributed by atoms with E-state index in [-0.39, 0.29) is 11.8 Å². The second-order valence-corrected chi connectivity index (χ2v) is 6.47. The molecule has 0 spiro atoms. The van der Waals surface area contributed by atoms with Gasteiger partial charge >= 0.3 is 0 Å². The molecule has 1 aromatic carbocycles. The summed E-state index contributed by atoms with van der Waals surface area (Å²) in [5.41, 5.74) is 1.08. The van der Waals surface area contributed by atoms with Crippen LogP contribution >= 0.6 is 23.2 Å². The van der Waals surface area contributed by atoms with Crippen molar-refractivity contribution in [3.8, 4) is 0 Å². The molecular formula is C17H17Cl2N3O2. The standard InChI is InChI=1S/C17H17Cl2N3O2/c18-13-5-4-12(11-14(13)19)16(23)21-7-2-8-22(10-9-21)17(24)15-3-1-6-20-15/h1,3-6,11,20H,2,7-10H2. The molecule has 5 nitrogen and oxygen atoms in total. The summed E-state index contributed by atoms with van der Waals surface area (Å²) in [6.45, 7) is 2.23. The van der Waals surface area contributed by atoms with E-state index in [1.807, 2.05) is 0 Å². The lowest BCUT2D eigenvalue weighted by molar-refractivity contribution is 0.0716. The molecule has 3 rings (SSSR count). The van der Waals surface area contributed by atoms with Crippen LogP contribution in [-0.4, -0.2) is 52.8 Å². The molecular weight excluding hydrogens is 349 g/mol. The maximum atomic E-state index is 12.6. The lowest BCUT2D eigenvalue weighted by Gasteiger charge is -2.22. The number of halogens is 2. The Morgan fingerprint density at radius 1 is 0.917 bits per heavy atom. The predicted molar refractivity (Wildman–Crippen MR) is 93.7 cm³/mol. The first-order valence-corrected chi connectivity index (χ1v) is 8.49. The maximum Gasteiger partial charge on any atom is 0.270 e. The van der Waals surface area contributed by atoms with Gasteiger partial charge in [-0.1, -0.05) is 23.2 Å². The molecule has 126 valence electrons. The van der Waals surface area contributed by atoms with Gasteiger partial charge in [0.1, 0.15) is 5.69 Å². The van der Waals surface area contributed by atoms with Gasteiger partial charge in [0.15, 0.2) is 0 Å². The number of aromatic nitrogens is 1. The summed E-state index contributed by atoms with van der Waals surface area (Å²) in [5.74, 6) is -0.133. The Morgan fingerprint density at radius 2 is 1.62 bits per heavy atom. The van der Waals surface area contributed by atoms with Crippen molar-refractivity contribution < 1.29 is 9.59 Å². The van der Waals surface area contributed by atoms with Crippen molar-refractivity contribution in [3.63, 3.8) is 0 Å². The SMILES string of the molecule is O=C(c1ccc(Cl)c(Cl)c1)N1CCCN(C(=O)c2ccc[nH]2)CC1. The zero-order valence-corrected chi connectivity index (χ0v) is 14.5. The third-order valence-electron chi connectivity index (χ3n) is 4.07. The average molecular weight is 366 g/mol. The third kappa shape index (κ3) is 3.57. The highest BCUT2D eigenvalue weighted by Gasteiger charge is 2.24. The monoisotopic (exact) mass is 365 g/mol. The number of hydrogen-bond donors (Lipinski definition) is 1. The van der Waals surface area contributed by atoms with Crippen molar-refractivity contribution in [1.29, 1.82) is 0 Å². The van der Waals surface area contributed by atoms with Crippen LogP contribution in [0.3, 0.4) is 0 Å². The fraction of sp³-hybridized carbons (Fsp3) is 0.294.